The summed E-state index contributed by atoms with van der Waals surface area (Å²) >= 11 is 5.78. The first-order valence-electron chi connectivity index (χ1n) is 9.96. The van der Waals surface area contributed by atoms with E-state index in [4.69, 9.17) is 31.2 Å². The van der Waals surface area contributed by atoms with Crippen LogP contribution < -0.4 is 24.3 Å². The number of nitrogens with one attached hydrogen (secondary N) is 1. The molecule has 0 atom stereocenters. The van der Waals surface area contributed by atoms with Gasteiger partial charge in [0.2, 0.25) is 5.75 Å². The third kappa shape index (κ3) is 5.59. The van der Waals surface area contributed by atoms with Gasteiger partial charge in [-0.2, -0.15) is 0 Å². The van der Waals surface area contributed by atoms with Gasteiger partial charge in [-0.05, 0) is 48.1 Å². The van der Waals surface area contributed by atoms with Crippen LogP contribution in [0.2, 0.25) is 0 Å². The zero-order valence-electron chi connectivity index (χ0n) is 18.6. The van der Waals surface area contributed by atoms with Crippen molar-refractivity contribution in [2.45, 2.75) is 13.1 Å². The fraction of sp³-hybridized carbons (Fsp3) is 0.250. The average Bonchev–Trinajstić information content (AvgIpc) is 2.83. The molecule has 168 valence electrons. The molecule has 3 aromatic rings. The number of hydrogen-bond donors (Lipinski definition) is 1. The number of hydrogen-bond acceptors (Lipinski definition) is 6. The van der Waals surface area contributed by atoms with Gasteiger partial charge in [0.05, 0.1) is 28.4 Å². The number of methoxy groups -OCH3 is 4. The molecule has 2 aromatic carbocycles. The van der Waals surface area contributed by atoms with Crippen LogP contribution in [0.3, 0.4) is 0 Å². The largest absolute Gasteiger partial charge is 0.497 e. The molecular formula is C24H27N3O4S. The van der Waals surface area contributed by atoms with Crippen molar-refractivity contribution >= 4 is 23.0 Å². The maximum absolute atomic E-state index is 5.78. The highest BCUT2D eigenvalue weighted by Crippen LogP contribution is 2.40. The van der Waals surface area contributed by atoms with Crippen molar-refractivity contribution in [3.8, 4) is 23.0 Å². The summed E-state index contributed by atoms with van der Waals surface area (Å²) in [4.78, 5) is 6.26. The van der Waals surface area contributed by atoms with E-state index in [-0.39, 0.29) is 0 Å². The molecule has 0 saturated carbocycles. The Labute approximate surface area is 193 Å². The van der Waals surface area contributed by atoms with Gasteiger partial charge in [0.15, 0.2) is 16.6 Å². The lowest BCUT2D eigenvalue weighted by molar-refractivity contribution is 0.316. The Morgan fingerprint density at radius 3 is 2.38 bits per heavy atom. The quantitative estimate of drug-likeness (QED) is 0.475. The van der Waals surface area contributed by atoms with E-state index in [1.807, 2.05) is 59.6 Å². The minimum Gasteiger partial charge on any atom is -0.497 e. The van der Waals surface area contributed by atoms with E-state index in [1.165, 1.54) is 0 Å². The number of nitrogens with zero attached hydrogens (tertiary/aromatic N) is 2. The molecule has 8 heteroatoms. The van der Waals surface area contributed by atoms with Gasteiger partial charge in [-0.3, -0.25) is 4.98 Å². The smallest absolute Gasteiger partial charge is 0.203 e. The monoisotopic (exact) mass is 453 g/mol. The topological polar surface area (TPSA) is 65.1 Å². The van der Waals surface area contributed by atoms with Crippen molar-refractivity contribution in [2.75, 3.05) is 33.8 Å². The fourth-order valence-electron chi connectivity index (χ4n) is 3.31. The Bertz CT molecular complexity index is 1050. The predicted molar refractivity (Wildman–Crippen MR) is 129 cm³/mol. The molecule has 0 radical (unpaired) electrons. The molecule has 0 amide bonds. The second kappa shape index (κ2) is 11.2. The van der Waals surface area contributed by atoms with Gasteiger partial charge < -0.3 is 29.2 Å². The van der Waals surface area contributed by atoms with Crippen LogP contribution in [0.15, 0.2) is 60.9 Å². The maximum atomic E-state index is 5.78. The van der Waals surface area contributed by atoms with Gasteiger partial charge in [-0.15, -0.1) is 0 Å². The third-order valence-electron chi connectivity index (χ3n) is 4.85. The zero-order chi connectivity index (χ0) is 22.9. The minimum absolute atomic E-state index is 0.480. The van der Waals surface area contributed by atoms with Crippen molar-refractivity contribution in [3.63, 3.8) is 0 Å². The molecule has 7 nitrogen and oxygen atoms in total. The summed E-state index contributed by atoms with van der Waals surface area (Å²) in [5.41, 5.74) is 2.77. The highest BCUT2D eigenvalue weighted by Gasteiger charge is 2.20. The second-order valence-electron chi connectivity index (χ2n) is 6.87. The van der Waals surface area contributed by atoms with Gasteiger partial charge in [0, 0.05) is 42.8 Å². The van der Waals surface area contributed by atoms with Crippen molar-refractivity contribution in [3.05, 3.63) is 72.1 Å². The second-order valence-corrected chi connectivity index (χ2v) is 7.26. The molecule has 0 bridgehead atoms. The van der Waals surface area contributed by atoms with Crippen LogP contribution in [0, 0.1) is 0 Å². The number of pyridine rings is 1. The molecule has 3 rings (SSSR count). The first kappa shape index (κ1) is 23.1. The molecular weight excluding hydrogens is 426 g/mol. The summed E-state index contributed by atoms with van der Waals surface area (Å²) in [5, 5.41) is 3.86. The van der Waals surface area contributed by atoms with E-state index in [0.717, 1.165) is 22.6 Å². The summed E-state index contributed by atoms with van der Waals surface area (Å²) in [5.74, 6) is 2.50. The molecule has 0 aliphatic carbocycles. The Kier molecular flexibility index (Phi) is 8.10. The van der Waals surface area contributed by atoms with Crippen molar-refractivity contribution < 1.29 is 18.9 Å². The Morgan fingerprint density at radius 1 is 0.906 bits per heavy atom. The van der Waals surface area contributed by atoms with Gasteiger partial charge in [-0.25, -0.2) is 0 Å². The third-order valence-corrected chi connectivity index (χ3v) is 5.21. The van der Waals surface area contributed by atoms with Crippen LogP contribution in [0.5, 0.6) is 23.0 Å². The number of ether oxygens (including phenoxy) is 4. The van der Waals surface area contributed by atoms with Crippen LogP contribution in [0.4, 0.5) is 5.69 Å². The molecule has 1 N–H and O–H groups in total. The summed E-state index contributed by atoms with van der Waals surface area (Å²) in [6, 6.07) is 15.4. The maximum Gasteiger partial charge on any atom is 0.203 e. The van der Waals surface area contributed by atoms with E-state index in [2.05, 4.69) is 10.3 Å². The summed E-state index contributed by atoms with van der Waals surface area (Å²) in [6.07, 6.45) is 3.57. The molecule has 0 unspecified atom stereocenters. The lowest BCUT2D eigenvalue weighted by Gasteiger charge is -2.27. The van der Waals surface area contributed by atoms with Crippen LogP contribution in [-0.4, -0.2) is 43.4 Å². The number of thiocarbonyl (C=S) groups is 1. The predicted octanol–water partition coefficient (Wildman–Crippen LogP) is 4.52. The zero-order valence-corrected chi connectivity index (χ0v) is 19.4. The number of rotatable bonds is 9. The summed E-state index contributed by atoms with van der Waals surface area (Å²) < 4.78 is 21.9. The Hall–Kier alpha value is -3.52. The summed E-state index contributed by atoms with van der Waals surface area (Å²) in [7, 11) is 6.43. The lowest BCUT2D eigenvalue weighted by atomic mass is 10.1. The molecule has 0 fully saturated rings. The number of anilines is 1. The van der Waals surface area contributed by atoms with Gasteiger partial charge in [-0.1, -0.05) is 12.1 Å². The number of aromatic nitrogens is 1. The summed E-state index contributed by atoms with van der Waals surface area (Å²) in [6.45, 7) is 1.04. The van der Waals surface area contributed by atoms with Crippen LogP contribution in [-0.2, 0) is 13.1 Å². The molecule has 0 saturated heterocycles. The van der Waals surface area contributed by atoms with Gasteiger partial charge in [0.25, 0.3) is 0 Å². The highest BCUT2D eigenvalue weighted by atomic mass is 32.1. The first-order chi connectivity index (χ1) is 15.6. The van der Waals surface area contributed by atoms with Crippen molar-refractivity contribution in [1.82, 2.24) is 9.88 Å². The first-order valence-corrected chi connectivity index (χ1v) is 10.4. The van der Waals surface area contributed by atoms with Gasteiger partial charge >= 0.3 is 0 Å². The standard InChI is InChI=1S/C24H27N3O4S/c1-28-20-9-5-8-19(13-20)26-24(32)27(15-17-7-6-12-25-14-17)16-18-10-11-21(29-2)23(31-4)22(18)30-3/h5-14H,15-16H2,1-4H3,(H,26,32). The van der Waals surface area contributed by atoms with Gasteiger partial charge in [0.1, 0.15) is 5.75 Å². The van der Waals surface area contributed by atoms with E-state index in [1.54, 1.807) is 34.6 Å². The minimum atomic E-state index is 0.480. The Balaban J connectivity index is 1.92. The molecule has 0 spiro atoms. The van der Waals surface area contributed by atoms with Crippen LogP contribution in [0.25, 0.3) is 0 Å². The van der Waals surface area contributed by atoms with Crippen molar-refractivity contribution in [1.29, 1.82) is 0 Å². The van der Waals surface area contributed by atoms with E-state index < -0.39 is 0 Å². The highest BCUT2D eigenvalue weighted by molar-refractivity contribution is 7.80. The molecule has 32 heavy (non-hydrogen) atoms. The van der Waals surface area contributed by atoms with E-state index >= 15 is 0 Å². The molecule has 1 heterocycles. The molecule has 0 aliphatic heterocycles. The number of benzene rings is 2. The van der Waals surface area contributed by atoms with E-state index in [0.29, 0.717) is 35.5 Å². The SMILES string of the molecule is COc1cccc(NC(=S)N(Cc2cccnc2)Cc2ccc(OC)c(OC)c2OC)c1. The normalized spacial score (nSPS) is 10.2. The lowest BCUT2D eigenvalue weighted by Crippen LogP contribution is -2.34. The molecule has 0 aliphatic rings. The molecule has 1 aromatic heterocycles. The fourth-order valence-corrected chi connectivity index (χ4v) is 3.56. The van der Waals surface area contributed by atoms with Crippen LogP contribution in [0.1, 0.15) is 11.1 Å². The van der Waals surface area contributed by atoms with Crippen LogP contribution >= 0.6 is 12.2 Å². The van der Waals surface area contributed by atoms with E-state index in [9.17, 15) is 0 Å². The average molecular weight is 454 g/mol. The Morgan fingerprint density at radius 2 is 1.72 bits per heavy atom. The van der Waals surface area contributed by atoms with Crippen molar-refractivity contribution in [2.24, 2.45) is 0 Å².